The quantitative estimate of drug-likeness (QED) is 0.819. The molecule has 1 aliphatic heterocycles. The Morgan fingerprint density at radius 1 is 1.11 bits per heavy atom. The maximum Gasteiger partial charge on any atom is 0.232 e. The van der Waals surface area contributed by atoms with Crippen LogP contribution in [0.4, 0.5) is 13.2 Å². The number of aromatic nitrogens is 2. The van der Waals surface area contributed by atoms with Crippen molar-refractivity contribution in [2.75, 3.05) is 0 Å². The number of hydrogen-bond donors (Lipinski definition) is 1. The van der Waals surface area contributed by atoms with Crippen LogP contribution in [-0.4, -0.2) is 27.0 Å². The number of nitriles is 1. The molecule has 3 atom stereocenters. The average molecular weight is 373 g/mol. The first kappa shape index (κ1) is 17.9. The molecule has 1 aromatic carbocycles. The van der Waals surface area contributed by atoms with E-state index < -0.39 is 17.5 Å². The molecule has 5 nitrogen and oxygen atoms in total. The van der Waals surface area contributed by atoms with E-state index >= 15 is 0 Å². The molecule has 0 radical (unpaired) electrons. The van der Waals surface area contributed by atoms with Crippen LogP contribution in [0, 0.1) is 28.8 Å². The maximum atomic E-state index is 14.1. The average Bonchev–Trinajstić information content (AvgIpc) is 3.08. The SMILES string of the molecule is N#Cc1ncc2c(n1)CN([C@H]1CC[C@H](c3cc(F)c(F)cc3F)[C@@H](N)C1)C2. The van der Waals surface area contributed by atoms with Gasteiger partial charge in [0.05, 0.1) is 5.69 Å². The third-order valence-electron chi connectivity index (χ3n) is 5.61. The second-order valence-electron chi connectivity index (χ2n) is 7.21. The van der Waals surface area contributed by atoms with Crippen molar-refractivity contribution in [3.63, 3.8) is 0 Å². The van der Waals surface area contributed by atoms with Gasteiger partial charge in [0, 0.05) is 48.9 Å². The minimum atomic E-state index is -1.19. The van der Waals surface area contributed by atoms with E-state index in [2.05, 4.69) is 14.9 Å². The fourth-order valence-electron chi connectivity index (χ4n) is 4.21. The van der Waals surface area contributed by atoms with Gasteiger partial charge >= 0.3 is 0 Å². The molecule has 27 heavy (non-hydrogen) atoms. The second-order valence-corrected chi connectivity index (χ2v) is 7.21. The van der Waals surface area contributed by atoms with Crippen LogP contribution in [0.2, 0.25) is 0 Å². The summed E-state index contributed by atoms with van der Waals surface area (Å²) in [6.07, 6.45) is 3.66. The van der Waals surface area contributed by atoms with Crippen LogP contribution < -0.4 is 5.73 Å². The first-order valence-electron chi connectivity index (χ1n) is 8.85. The van der Waals surface area contributed by atoms with Crippen molar-refractivity contribution in [1.29, 1.82) is 5.26 Å². The highest BCUT2D eigenvalue weighted by atomic mass is 19.2. The van der Waals surface area contributed by atoms with E-state index in [0.717, 1.165) is 23.7 Å². The number of hydrogen-bond acceptors (Lipinski definition) is 5. The summed E-state index contributed by atoms with van der Waals surface area (Å²) < 4.78 is 40.9. The fraction of sp³-hybridized carbons (Fsp3) is 0.421. The van der Waals surface area contributed by atoms with Gasteiger partial charge in [-0.25, -0.2) is 23.1 Å². The molecule has 1 aliphatic carbocycles. The van der Waals surface area contributed by atoms with Gasteiger partial charge in [-0.1, -0.05) is 0 Å². The van der Waals surface area contributed by atoms with Crippen LogP contribution in [0.25, 0.3) is 0 Å². The number of nitrogens with two attached hydrogens (primary N) is 1. The van der Waals surface area contributed by atoms with Gasteiger partial charge in [-0.05, 0) is 30.9 Å². The number of nitrogens with zero attached hydrogens (tertiary/aromatic N) is 4. The minimum Gasteiger partial charge on any atom is -0.327 e. The normalized spacial score (nSPS) is 25.2. The molecular weight excluding hydrogens is 355 g/mol. The number of fused-ring (bicyclic) bond motifs is 1. The molecule has 0 amide bonds. The summed E-state index contributed by atoms with van der Waals surface area (Å²) in [7, 11) is 0. The van der Waals surface area contributed by atoms with Crippen LogP contribution in [0.3, 0.4) is 0 Å². The summed E-state index contributed by atoms with van der Waals surface area (Å²) in [4.78, 5) is 10.5. The van der Waals surface area contributed by atoms with Gasteiger partial charge in [0.15, 0.2) is 11.6 Å². The third-order valence-corrected chi connectivity index (χ3v) is 5.61. The van der Waals surface area contributed by atoms with E-state index in [4.69, 9.17) is 11.0 Å². The molecule has 2 aliphatic rings. The zero-order chi connectivity index (χ0) is 19.1. The first-order chi connectivity index (χ1) is 13.0. The molecule has 2 aromatic rings. The lowest BCUT2D eigenvalue weighted by Gasteiger charge is -2.38. The van der Waals surface area contributed by atoms with E-state index in [-0.39, 0.29) is 29.4 Å². The van der Waals surface area contributed by atoms with Crippen molar-refractivity contribution in [1.82, 2.24) is 14.9 Å². The van der Waals surface area contributed by atoms with Crippen LogP contribution in [0.15, 0.2) is 18.3 Å². The largest absolute Gasteiger partial charge is 0.327 e. The van der Waals surface area contributed by atoms with Gasteiger partial charge in [-0.3, -0.25) is 4.90 Å². The van der Waals surface area contributed by atoms with E-state index in [1.165, 1.54) is 0 Å². The van der Waals surface area contributed by atoms with Crippen molar-refractivity contribution in [2.24, 2.45) is 5.73 Å². The van der Waals surface area contributed by atoms with Gasteiger partial charge in [-0.2, -0.15) is 5.26 Å². The predicted molar refractivity (Wildman–Crippen MR) is 90.7 cm³/mol. The highest BCUT2D eigenvalue weighted by Crippen LogP contribution is 2.38. The van der Waals surface area contributed by atoms with Crippen molar-refractivity contribution >= 4 is 0 Å². The number of halogens is 3. The number of benzene rings is 1. The van der Waals surface area contributed by atoms with Crippen molar-refractivity contribution < 1.29 is 13.2 Å². The summed E-state index contributed by atoms with van der Waals surface area (Å²) in [5, 5.41) is 8.93. The van der Waals surface area contributed by atoms with Gasteiger partial charge in [0.1, 0.15) is 11.9 Å². The predicted octanol–water partition coefficient (Wildman–Crippen LogP) is 2.74. The first-order valence-corrected chi connectivity index (χ1v) is 8.85. The fourth-order valence-corrected chi connectivity index (χ4v) is 4.21. The van der Waals surface area contributed by atoms with Crippen LogP contribution in [0.1, 0.15) is 47.8 Å². The molecule has 4 rings (SSSR count). The Hall–Kier alpha value is -2.50. The van der Waals surface area contributed by atoms with E-state index in [9.17, 15) is 13.2 Å². The maximum absolute atomic E-state index is 14.1. The van der Waals surface area contributed by atoms with Gasteiger partial charge < -0.3 is 5.73 Å². The molecule has 8 heteroatoms. The van der Waals surface area contributed by atoms with Gasteiger partial charge in [-0.15, -0.1) is 0 Å². The summed E-state index contributed by atoms with van der Waals surface area (Å²) >= 11 is 0. The molecule has 1 saturated carbocycles. The molecule has 0 spiro atoms. The summed E-state index contributed by atoms with van der Waals surface area (Å²) in [5.74, 6) is -3.18. The van der Waals surface area contributed by atoms with E-state index in [0.29, 0.717) is 32.0 Å². The van der Waals surface area contributed by atoms with E-state index in [1.807, 2.05) is 6.07 Å². The van der Waals surface area contributed by atoms with Crippen LogP contribution >= 0.6 is 0 Å². The Balaban J connectivity index is 1.47. The minimum absolute atomic E-state index is 0.147. The highest BCUT2D eigenvalue weighted by molar-refractivity contribution is 5.28. The zero-order valence-corrected chi connectivity index (χ0v) is 14.5. The van der Waals surface area contributed by atoms with Gasteiger partial charge in [0.2, 0.25) is 5.82 Å². The van der Waals surface area contributed by atoms with Gasteiger partial charge in [0.25, 0.3) is 0 Å². The van der Waals surface area contributed by atoms with Crippen molar-refractivity contribution in [3.05, 3.63) is 58.4 Å². The molecule has 0 unspecified atom stereocenters. The van der Waals surface area contributed by atoms with Crippen LogP contribution in [0.5, 0.6) is 0 Å². The van der Waals surface area contributed by atoms with E-state index in [1.54, 1.807) is 6.20 Å². The molecule has 1 fully saturated rings. The molecule has 1 aromatic heterocycles. The lowest BCUT2D eigenvalue weighted by molar-refractivity contribution is 0.137. The topological polar surface area (TPSA) is 78.8 Å². The Kier molecular flexibility index (Phi) is 4.58. The Labute approximate surface area is 154 Å². The Bertz CT molecular complexity index is 926. The third kappa shape index (κ3) is 3.29. The molecular formula is C19H18F3N5. The monoisotopic (exact) mass is 373 g/mol. The zero-order valence-electron chi connectivity index (χ0n) is 14.5. The lowest BCUT2D eigenvalue weighted by Crippen LogP contribution is -2.44. The Morgan fingerprint density at radius 3 is 2.63 bits per heavy atom. The summed E-state index contributed by atoms with van der Waals surface area (Å²) in [6, 6.07) is 3.29. The molecule has 0 saturated heterocycles. The summed E-state index contributed by atoms with van der Waals surface area (Å²) in [5.41, 5.74) is 8.29. The summed E-state index contributed by atoms with van der Waals surface area (Å²) in [6.45, 7) is 1.30. The highest BCUT2D eigenvalue weighted by Gasteiger charge is 2.36. The number of rotatable bonds is 2. The smallest absolute Gasteiger partial charge is 0.232 e. The Morgan fingerprint density at radius 2 is 1.89 bits per heavy atom. The molecule has 140 valence electrons. The second kappa shape index (κ2) is 6.91. The standard InChI is InChI=1S/C19H18F3N5/c20-14-5-16(22)15(21)4-13(14)12-2-1-11(3-17(12)24)27-8-10-7-25-19(6-23)26-18(10)9-27/h4-5,7,11-12,17H,1-3,8-9,24H2/t11-,12+,17-/m0/s1. The van der Waals surface area contributed by atoms with Crippen LogP contribution in [-0.2, 0) is 13.1 Å². The lowest BCUT2D eigenvalue weighted by atomic mass is 9.77. The molecule has 2 heterocycles. The van der Waals surface area contributed by atoms with Crippen molar-refractivity contribution in [3.8, 4) is 6.07 Å². The van der Waals surface area contributed by atoms with Crippen molar-refractivity contribution in [2.45, 2.75) is 50.4 Å². The molecule has 2 N–H and O–H groups in total. The molecule has 0 bridgehead atoms.